The maximum atomic E-state index is 12.6. The standard InChI is InChI=1S/C23H23ClN2O4S/c1-3-30-19-8-6-17(7-9-19)25-23(28)14-26-13-22(29-2)21(27)12-18(26)15-31-20-10-4-16(24)5-11-20/h4-13H,3,14-15H2,1-2H3,(H,25,28). The van der Waals surface area contributed by atoms with Gasteiger partial charge in [0.05, 0.1) is 19.9 Å². The molecular weight excluding hydrogens is 436 g/mol. The van der Waals surface area contributed by atoms with Gasteiger partial charge in [0.25, 0.3) is 0 Å². The van der Waals surface area contributed by atoms with Crippen LogP contribution in [0.1, 0.15) is 12.6 Å². The molecule has 6 nitrogen and oxygen atoms in total. The van der Waals surface area contributed by atoms with E-state index < -0.39 is 0 Å². The predicted molar refractivity (Wildman–Crippen MR) is 125 cm³/mol. The highest BCUT2D eigenvalue weighted by molar-refractivity contribution is 7.98. The first-order chi connectivity index (χ1) is 15.0. The molecule has 0 aliphatic heterocycles. The highest BCUT2D eigenvalue weighted by Gasteiger charge is 2.12. The number of benzene rings is 2. The van der Waals surface area contributed by atoms with Crippen LogP contribution in [-0.2, 0) is 17.1 Å². The highest BCUT2D eigenvalue weighted by Crippen LogP contribution is 2.24. The van der Waals surface area contributed by atoms with Crippen LogP contribution in [0.25, 0.3) is 0 Å². The number of nitrogens with zero attached hydrogens (tertiary/aromatic N) is 1. The number of nitrogens with one attached hydrogen (secondary N) is 1. The Morgan fingerprint density at radius 2 is 1.84 bits per heavy atom. The molecule has 1 heterocycles. The average molecular weight is 459 g/mol. The van der Waals surface area contributed by atoms with E-state index in [0.717, 1.165) is 10.6 Å². The minimum atomic E-state index is -0.225. The maximum Gasteiger partial charge on any atom is 0.244 e. The van der Waals surface area contributed by atoms with Crippen molar-refractivity contribution in [2.75, 3.05) is 19.0 Å². The van der Waals surface area contributed by atoms with E-state index in [0.29, 0.717) is 28.8 Å². The number of pyridine rings is 1. The monoisotopic (exact) mass is 458 g/mol. The van der Waals surface area contributed by atoms with Gasteiger partial charge < -0.3 is 19.4 Å². The molecule has 0 fully saturated rings. The Balaban J connectivity index is 1.73. The summed E-state index contributed by atoms with van der Waals surface area (Å²) in [6, 6.07) is 16.1. The summed E-state index contributed by atoms with van der Waals surface area (Å²) in [4.78, 5) is 25.9. The van der Waals surface area contributed by atoms with Crippen LogP contribution < -0.4 is 20.2 Å². The number of anilines is 1. The summed E-state index contributed by atoms with van der Waals surface area (Å²) in [7, 11) is 1.43. The van der Waals surface area contributed by atoms with E-state index in [4.69, 9.17) is 21.1 Å². The third-order valence-corrected chi connectivity index (χ3v) is 5.66. The Labute approximate surface area is 190 Å². The molecule has 162 valence electrons. The van der Waals surface area contributed by atoms with E-state index in [1.807, 2.05) is 31.2 Å². The summed E-state index contributed by atoms with van der Waals surface area (Å²) >= 11 is 7.49. The molecule has 8 heteroatoms. The number of halogens is 1. The van der Waals surface area contributed by atoms with Crippen molar-refractivity contribution in [3.05, 3.63) is 81.7 Å². The molecule has 0 saturated heterocycles. The number of hydrogen-bond acceptors (Lipinski definition) is 5. The van der Waals surface area contributed by atoms with Crippen LogP contribution in [0, 0.1) is 0 Å². The molecule has 0 atom stereocenters. The number of thioether (sulfide) groups is 1. The van der Waals surface area contributed by atoms with Crippen LogP contribution in [-0.4, -0.2) is 24.2 Å². The normalized spacial score (nSPS) is 10.5. The zero-order chi connectivity index (χ0) is 22.2. The fraction of sp³-hybridized carbons (Fsp3) is 0.217. The first-order valence-corrected chi connectivity index (χ1v) is 11.0. The van der Waals surface area contributed by atoms with E-state index in [2.05, 4.69) is 5.32 Å². The molecule has 2 aromatic carbocycles. The van der Waals surface area contributed by atoms with Crippen LogP contribution in [0.4, 0.5) is 5.69 Å². The zero-order valence-electron chi connectivity index (χ0n) is 17.3. The molecule has 0 aliphatic rings. The lowest BCUT2D eigenvalue weighted by Gasteiger charge is -2.15. The Bertz CT molecular complexity index is 1080. The maximum absolute atomic E-state index is 12.6. The smallest absolute Gasteiger partial charge is 0.244 e. The number of hydrogen-bond donors (Lipinski definition) is 1. The molecule has 0 radical (unpaired) electrons. The summed E-state index contributed by atoms with van der Waals surface area (Å²) in [6.07, 6.45) is 1.57. The highest BCUT2D eigenvalue weighted by atomic mass is 35.5. The number of ether oxygens (including phenoxy) is 2. The molecule has 0 aliphatic carbocycles. The SMILES string of the molecule is CCOc1ccc(NC(=O)Cn2cc(OC)c(=O)cc2CSc2ccc(Cl)cc2)cc1. The molecule has 0 saturated carbocycles. The van der Waals surface area contributed by atoms with Crippen molar-refractivity contribution in [2.24, 2.45) is 0 Å². The van der Waals surface area contributed by atoms with Crippen molar-refractivity contribution in [1.29, 1.82) is 0 Å². The van der Waals surface area contributed by atoms with Gasteiger partial charge in [0, 0.05) is 33.1 Å². The summed E-state index contributed by atoms with van der Waals surface area (Å²) in [5, 5.41) is 3.53. The Morgan fingerprint density at radius 3 is 2.48 bits per heavy atom. The zero-order valence-corrected chi connectivity index (χ0v) is 18.8. The molecule has 0 bridgehead atoms. The van der Waals surface area contributed by atoms with Crippen molar-refractivity contribution in [3.8, 4) is 11.5 Å². The van der Waals surface area contributed by atoms with Gasteiger partial charge in [-0.05, 0) is 55.5 Å². The lowest BCUT2D eigenvalue weighted by molar-refractivity contribution is -0.116. The second-order valence-electron chi connectivity index (χ2n) is 6.57. The Morgan fingerprint density at radius 1 is 1.13 bits per heavy atom. The van der Waals surface area contributed by atoms with Gasteiger partial charge in [-0.15, -0.1) is 11.8 Å². The number of rotatable bonds is 9. The fourth-order valence-electron chi connectivity index (χ4n) is 2.86. The lowest BCUT2D eigenvalue weighted by atomic mass is 10.3. The summed E-state index contributed by atoms with van der Waals surface area (Å²) < 4.78 is 12.3. The van der Waals surface area contributed by atoms with Gasteiger partial charge >= 0.3 is 0 Å². The topological polar surface area (TPSA) is 69.6 Å². The molecule has 3 aromatic rings. The number of methoxy groups -OCH3 is 1. The number of carbonyl (C=O) groups is 1. The van der Waals surface area contributed by atoms with Gasteiger partial charge in [0.1, 0.15) is 12.3 Å². The first kappa shape index (κ1) is 22.8. The fourth-order valence-corrected chi connectivity index (χ4v) is 3.88. The molecule has 0 unspecified atom stereocenters. The summed E-state index contributed by atoms with van der Waals surface area (Å²) in [5.41, 5.74) is 1.16. The largest absolute Gasteiger partial charge is 0.494 e. The lowest BCUT2D eigenvalue weighted by Crippen LogP contribution is -2.22. The van der Waals surface area contributed by atoms with E-state index in [1.54, 1.807) is 46.8 Å². The van der Waals surface area contributed by atoms with Crippen molar-refractivity contribution >= 4 is 35.0 Å². The quantitative estimate of drug-likeness (QED) is 0.464. The van der Waals surface area contributed by atoms with Crippen molar-refractivity contribution < 1.29 is 14.3 Å². The summed E-state index contributed by atoms with van der Waals surface area (Å²) in [6.45, 7) is 2.54. The molecule has 1 amide bonds. The Hall–Kier alpha value is -2.90. The van der Waals surface area contributed by atoms with Gasteiger partial charge in [0.15, 0.2) is 5.75 Å². The minimum absolute atomic E-state index is 0.0420. The predicted octanol–water partition coefficient (Wildman–Crippen LogP) is 4.84. The third-order valence-electron chi connectivity index (χ3n) is 4.37. The third kappa shape index (κ3) is 6.54. The molecule has 3 rings (SSSR count). The second-order valence-corrected chi connectivity index (χ2v) is 8.06. The van der Waals surface area contributed by atoms with E-state index >= 15 is 0 Å². The van der Waals surface area contributed by atoms with Crippen molar-refractivity contribution in [2.45, 2.75) is 24.1 Å². The second kappa shape index (κ2) is 10.9. The molecule has 1 N–H and O–H groups in total. The number of aromatic nitrogens is 1. The van der Waals surface area contributed by atoms with Gasteiger partial charge in [-0.1, -0.05) is 11.6 Å². The van der Waals surface area contributed by atoms with Crippen LogP contribution in [0.15, 0.2) is 70.5 Å². The van der Waals surface area contributed by atoms with Crippen LogP contribution >= 0.6 is 23.4 Å². The van der Waals surface area contributed by atoms with Gasteiger partial charge in [-0.3, -0.25) is 9.59 Å². The average Bonchev–Trinajstić information content (AvgIpc) is 2.76. The molecular formula is C23H23ClN2O4S. The summed E-state index contributed by atoms with van der Waals surface area (Å²) in [5.74, 6) is 1.23. The van der Waals surface area contributed by atoms with Crippen LogP contribution in [0.5, 0.6) is 11.5 Å². The van der Waals surface area contributed by atoms with Crippen LogP contribution in [0.2, 0.25) is 5.02 Å². The molecule has 31 heavy (non-hydrogen) atoms. The van der Waals surface area contributed by atoms with Gasteiger partial charge in [-0.25, -0.2) is 0 Å². The van der Waals surface area contributed by atoms with Gasteiger partial charge in [-0.2, -0.15) is 0 Å². The Kier molecular flexibility index (Phi) is 8.03. The number of carbonyl (C=O) groups excluding carboxylic acids is 1. The van der Waals surface area contributed by atoms with E-state index in [-0.39, 0.29) is 23.6 Å². The molecule has 1 aromatic heterocycles. The van der Waals surface area contributed by atoms with Crippen LogP contribution in [0.3, 0.4) is 0 Å². The molecule has 0 spiro atoms. The van der Waals surface area contributed by atoms with Crippen molar-refractivity contribution in [1.82, 2.24) is 4.57 Å². The van der Waals surface area contributed by atoms with Crippen molar-refractivity contribution in [3.63, 3.8) is 0 Å². The van der Waals surface area contributed by atoms with E-state index in [9.17, 15) is 9.59 Å². The van der Waals surface area contributed by atoms with E-state index in [1.165, 1.54) is 13.2 Å². The minimum Gasteiger partial charge on any atom is -0.494 e. The number of amides is 1. The van der Waals surface area contributed by atoms with Gasteiger partial charge in [0.2, 0.25) is 11.3 Å². The first-order valence-electron chi connectivity index (χ1n) is 9.67.